The molecule has 3 fully saturated rings. The molecule has 0 bridgehead atoms. The van der Waals surface area contributed by atoms with Crippen molar-refractivity contribution in [1.82, 2.24) is 9.88 Å². The molecule has 3 heterocycles. The molecule has 142 valence electrons. The zero-order valence-electron chi connectivity index (χ0n) is 15.1. The predicted molar refractivity (Wildman–Crippen MR) is 94.1 cm³/mol. The summed E-state index contributed by atoms with van der Waals surface area (Å²) < 4.78 is 25.3. The molecule has 0 unspecified atom stereocenters. The van der Waals surface area contributed by atoms with Gasteiger partial charge in [0.1, 0.15) is 6.17 Å². The maximum absolute atomic E-state index is 13.2. The maximum Gasteiger partial charge on any atom is 0.225 e. The SMILES string of the molecule is O=C(C1CC(F)C1)N1CC[C@H]2OCCC[C@@]2(COCc2ccncc2)C1. The molecule has 5 nitrogen and oxygen atoms in total. The van der Waals surface area contributed by atoms with Gasteiger partial charge < -0.3 is 14.4 Å². The zero-order valence-corrected chi connectivity index (χ0v) is 15.1. The Hall–Kier alpha value is -1.53. The molecule has 1 aliphatic carbocycles. The van der Waals surface area contributed by atoms with Crippen molar-refractivity contribution in [1.29, 1.82) is 0 Å². The molecule has 2 atom stereocenters. The van der Waals surface area contributed by atoms with E-state index >= 15 is 0 Å². The predicted octanol–water partition coefficient (Wildman–Crippen LogP) is 2.74. The van der Waals surface area contributed by atoms with Crippen LogP contribution in [0.3, 0.4) is 0 Å². The molecule has 0 N–H and O–H groups in total. The number of fused-ring (bicyclic) bond motifs is 1. The van der Waals surface area contributed by atoms with Crippen LogP contribution >= 0.6 is 0 Å². The van der Waals surface area contributed by atoms with E-state index in [1.165, 1.54) is 0 Å². The third kappa shape index (κ3) is 3.62. The summed E-state index contributed by atoms with van der Waals surface area (Å²) in [6, 6.07) is 3.90. The molecule has 1 amide bonds. The minimum Gasteiger partial charge on any atom is -0.377 e. The first kappa shape index (κ1) is 17.9. The summed E-state index contributed by atoms with van der Waals surface area (Å²) in [5.41, 5.74) is 0.954. The highest BCUT2D eigenvalue weighted by Gasteiger charge is 2.48. The zero-order chi connectivity index (χ0) is 18.0. The lowest BCUT2D eigenvalue weighted by atomic mass is 9.72. The van der Waals surface area contributed by atoms with E-state index in [0.717, 1.165) is 31.4 Å². The number of hydrogen-bond donors (Lipinski definition) is 0. The van der Waals surface area contributed by atoms with Crippen LogP contribution in [0.4, 0.5) is 4.39 Å². The van der Waals surface area contributed by atoms with Gasteiger partial charge in [0.2, 0.25) is 5.91 Å². The fourth-order valence-corrected chi connectivity index (χ4v) is 4.55. The largest absolute Gasteiger partial charge is 0.377 e. The second kappa shape index (κ2) is 7.61. The second-order valence-electron chi connectivity index (χ2n) is 7.99. The summed E-state index contributed by atoms with van der Waals surface area (Å²) in [6.45, 7) is 3.29. The van der Waals surface area contributed by atoms with Crippen molar-refractivity contribution in [2.75, 3.05) is 26.3 Å². The van der Waals surface area contributed by atoms with Gasteiger partial charge in [0.15, 0.2) is 0 Å². The van der Waals surface area contributed by atoms with Crippen molar-refractivity contribution >= 4 is 5.91 Å². The molecule has 0 radical (unpaired) electrons. The van der Waals surface area contributed by atoms with Gasteiger partial charge in [-0.1, -0.05) is 0 Å². The molecular formula is C20H27FN2O3. The molecular weight excluding hydrogens is 335 g/mol. The van der Waals surface area contributed by atoms with Crippen molar-refractivity contribution in [3.8, 4) is 0 Å². The van der Waals surface area contributed by atoms with Crippen LogP contribution in [0.5, 0.6) is 0 Å². The lowest BCUT2D eigenvalue weighted by Crippen LogP contribution is -2.59. The van der Waals surface area contributed by atoms with Gasteiger partial charge in [-0.15, -0.1) is 0 Å². The van der Waals surface area contributed by atoms with Gasteiger partial charge in [0.05, 0.1) is 19.3 Å². The van der Waals surface area contributed by atoms with E-state index in [9.17, 15) is 9.18 Å². The first-order chi connectivity index (χ1) is 12.7. The molecule has 6 heteroatoms. The summed E-state index contributed by atoms with van der Waals surface area (Å²) in [4.78, 5) is 18.7. The van der Waals surface area contributed by atoms with E-state index in [1.807, 2.05) is 17.0 Å². The number of halogens is 1. The highest BCUT2D eigenvalue weighted by Crippen LogP contribution is 2.42. The molecule has 2 saturated heterocycles. The number of aromatic nitrogens is 1. The Morgan fingerprint density at radius 1 is 1.38 bits per heavy atom. The topological polar surface area (TPSA) is 51.7 Å². The van der Waals surface area contributed by atoms with Crippen LogP contribution in [-0.2, 0) is 20.9 Å². The molecule has 1 aromatic heterocycles. The van der Waals surface area contributed by atoms with Crippen LogP contribution in [0.25, 0.3) is 0 Å². The minimum atomic E-state index is -0.794. The molecule has 1 saturated carbocycles. The molecule has 4 rings (SSSR count). The van der Waals surface area contributed by atoms with E-state index in [0.29, 0.717) is 39.1 Å². The van der Waals surface area contributed by atoms with Gasteiger partial charge in [-0.2, -0.15) is 0 Å². The number of pyridine rings is 1. The van der Waals surface area contributed by atoms with E-state index in [4.69, 9.17) is 9.47 Å². The summed E-state index contributed by atoms with van der Waals surface area (Å²) in [7, 11) is 0. The lowest BCUT2D eigenvalue weighted by molar-refractivity contribution is -0.170. The van der Waals surface area contributed by atoms with Crippen molar-refractivity contribution in [2.45, 2.75) is 51.0 Å². The Morgan fingerprint density at radius 3 is 2.96 bits per heavy atom. The summed E-state index contributed by atoms with van der Waals surface area (Å²) in [6.07, 6.45) is 6.51. The lowest BCUT2D eigenvalue weighted by Gasteiger charge is -2.51. The van der Waals surface area contributed by atoms with E-state index in [1.54, 1.807) is 12.4 Å². The number of carbonyl (C=O) groups excluding carboxylic acids is 1. The number of nitrogens with zero attached hydrogens (tertiary/aromatic N) is 2. The number of carbonyl (C=O) groups is 1. The Kier molecular flexibility index (Phi) is 5.23. The van der Waals surface area contributed by atoms with Gasteiger partial charge >= 0.3 is 0 Å². The summed E-state index contributed by atoms with van der Waals surface area (Å²) in [5.74, 6) is -0.00252. The Balaban J connectivity index is 1.40. The van der Waals surface area contributed by atoms with Crippen LogP contribution in [0.1, 0.15) is 37.7 Å². The fraction of sp³-hybridized carbons (Fsp3) is 0.700. The Labute approximate surface area is 153 Å². The van der Waals surface area contributed by atoms with Crippen LogP contribution in [0.15, 0.2) is 24.5 Å². The van der Waals surface area contributed by atoms with Gasteiger partial charge in [-0.3, -0.25) is 9.78 Å². The van der Waals surface area contributed by atoms with E-state index in [-0.39, 0.29) is 23.3 Å². The first-order valence-electron chi connectivity index (χ1n) is 9.67. The van der Waals surface area contributed by atoms with Crippen molar-refractivity contribution < 1.29 is 18.7 Å². The van der Waals surface area contributed by atoms with Crippen molar-refractivity contribution in [2.24, 2.45) is 11.3 Å². The molecule has 0 spiro atoms. The van der Waals surface area contributed by atoms with Crippen molar-refractivity contribution in [3.05, 3.63) is 30.1 Å². The first-order valence-corrected chi connectivity index (χ1v) is 9.67. The fourth-order valence-electron chi connectivity index (χ4n) is 4.55. The number of rotatable bonds is 5. The molecule has 0 aromatic carbocycles. The standard InChI is InChI=1S/C20H27FN2O3/c21-17-10-16(11-17)19(24)23-8-4-18-20(13-23,5-1-9-26-18)14-25-12-15-2-6-22-7-3-15/h2-3,6-7,16-18H,1,4-5,8-14H2/t16?,17?,18-,20+/m1/s1. The Bertz CT molecular complexity index is 623. The second-order valence-corrected chi connectivity index (χ2v) is 7.99. The molecule has 26 heavy (non-hydrogen) atoms. The average Bonchev–Trinajstić information content (AvgIpc) is 2.65. The smallest absolute Gasteiger partial charge is 0.225 e. The third-order valence-electron chi connectivity index (χ3n) is 6.14. The highest BCUT2D eigenvalue weighted by atomic mass is 19.1. The van der Waals surface area contributed by atoms with Crippen LogP contribution in [0.2, 0.25) is 0 Å². The van der Waals surface area contributed by atoms with E-state index in [2.05, 4.69) is 4.98 Å². The highest BCUT2D eigenvalue weighted by molar-refractivity contribution is 5.80. The van der Waals surface area contributed by atoms with Gasteiger partial charge in [-0.25, -0.2) is 4.39 Å². The molecule has 3 aliphatic rings. The number of ether oxygens (including phenoxy) is 2. The van der Waals surface area contributed by atoms with Crippen LogP contribution in [0, 0.1) is 11.3 Å². The number of alkyl halides is 1. The molecule has 1 aromatic rings. The average molecular weight is 362 g/mol. The third-order valence-corrected chi connectivity index (χ3v) is 6.14. The van der Waals surface area contributed by atoms with Crippen molar-refractivity contribution in [3.63, 3.8) is 0 Å². The van der Waals surface area contributed by atoms with Gasteiger partial charge in [0, 0.05) is 43.4 Å². The normalized spacial score (nSPS) is 34.0. The monoisotopic (exact) mass is 362 g/mol. The number of amides is 1. The number of likely N-dealkylation sites (tertiary alicyclic amines) is 1. The maximum atomic E-state index is 13.2. The van der Waals surface area contributed by atoms with E-state index < -0.39 is 6.17 Å². The number of piperidine rings is 1. The quantitative estimate of drug-likeness (QED) is 0.808. The van der Waals surface area contributed by atoms with Crippen LogP contribution in [-0.4, -0.2) is 54.4 Å². The van der Waals surface area contributed by atoms with Gasteiger partial charge in [-0.05, 0) is 49.8 Å². The number of hydrogen-bond acceptors (Lipinski definition) is 4. The summed E-state index contributed by atoms with van der Waals surface area (Å²) in [5, 5.41) is 0. The Morgan fingerprint density at radius 2 is 2.19 bits per heavy atom. The molecule has 2 aliphatic heterocycles. The minimum absolute atomic E-state index is 0.122. The van der Waals surface area contributed by atoms with Crippen LogP contribution < -0.4 is 0 Å². The van der Waals surface area contributed by atoms with Gasteiger partial charge in [0.25, 0.3) is 0 Å². The summed E-state index contributed by atoms with van der Waals surface area (Å²) >= 11 is 0.